The topological polar surface area (TPSA) is 84.7 Å². The lowest BCUT2D eigenvalue weighted by Gasteiger charge is -2.20. The van der Waals surface area contributed by atoms with Gasteiger partial charge in [0, 0.05) is 19.8 Å². The van der Waals surface area contributed by atoms with E-state index in [1.807, 2.05) is 24.4 Å². The van der Waals surface area contributed by atoms with Crippen LogP contribution in [0.3, 0.4) is 0 Å². The molecule has 1 aromatic rings. The van der Waals surface area contributed by atoms with Crippen molar-refractivity contribution in [2.24, 2.45) is 5.84 Å². The van der Waals surface area contributed by atoms with Crippen LogP contribution in [0.2, 0.25) is 5.02 Å². The molecule has 0 saturated carbocycles. The second-order valence-electron chi connectivity index (χ2n) is 4.35. The summed E-state index contributed by atoms with van der Waals surface area (Å²) < 4.78 is 18.2. The Labute approximate surface area is 123 Å². The second-order valence-corrected chi connectivity index (χ2v) is 7.16. The number of rotatable bonds is 6. The van der Waals surface area contributed by atoms with E-state index >= 15 is 0 Å². The van der Waals surface area contributed by atoms with Gasteiger partial charge in [-0.3, -0.25) is 14.8 Å². The van der Waals surface area contributed by atoms with E-state index in [2.05, 4.69) is 0 Å². The number of hydrogen-bond donors (Lipinski definition) is 2. The molecule has 6 nitrogen and oxygen atoms in total. The fraction of sp³-hybridized carbons (Fsp3) is 0.417. The van der Waals surface area contributed by atoms with Crippen LogP contribution in [0.1, 0.15) is 6.92 Å². The summed E-state index contributed by atoms with van der Waals surface area (Å²) in [5.74, 6) is 4.48. The minimum Gasteiger partial charge on any atom is -0.378 e. The molecule has 0 bridgehead atoms. The summed E-state index contributed by atoms with van der Waals surface area (Å²) in [6.07, 6.45) is -0.335. The zero-order valence-corrected chi connectivity index (χ0v) is 13.4. The highest BCUT2D eigenvalue weighted by atomic mass is 35.5. The summed E-state index contributed by atoms with van der Waals surface area (Å²) in [5, 5.41) is 0.632. The van der Waals surface area contributed by atoms with Crippen LogP contribution in [0.4, 0.5) is 5.69 Å². The Morgan fingerprint density at radius 3 is 2.60 bits per heavy atom. The average Bonchev–Trinajstić information content (AvgIpc) is 2.38. The molecule has 0 aromatic heterocycles. The highest BCUT2D eigenvalue weighted by molar-refractivity contribution is 7.68. The largest absolute Gasteiger partial charge is 0.378 e. The first kappa shape index (κ1) is 17.0. The molecule has 1 rings (SSSR count). The van der Waals surface area contributed by atoms with E-state index in [0.29, 0.717) is 10.3 Å². The maximum absolute atomic E-state index is 12.8. The lowest BCUT2D eigenvalue weighted by Crippen LogP contribution is -2.34. The molecule has 8 heteroatoms. The highest BCUT2D eigenvalue weighted by Crippen LogP contribution is 2.47. The van der Waals surface area contributed by atoms with Gasteiger partial charge >= 0.3 is 0 Å². The minimum atomic E-state index is -3.37. The van der Waals surface area contributed by atoms with E-state index in [-0.39, 0.29) is 12.8 Å². The van der Waals surface area contributed by atoms with Crippen molar-refractivity contribution in [1.29, 1.82) is 0 Å². The summed E-state index contributed by atoms with van der Waals surface area (Å²) in [5.41, 5.74) is 2.82. The van der Waals surface area contributed by atoms with E-state index in [4.69, 9.17) is 22.0 Å². The normalized spacial score (nSPS) is 13.7. The van der Waals surface area contributed by atoms with Crippen LogP contribution in [0.25, 0.3) is 0 Å². The molecule has 0 spiro atoms. The smallest absolute Gasteiger partial charge is 0.243 e. The van der Waals surface area contributed by atoms with Gasteiger partial charge in [0.25, 0.3) is 0 Å². The summed E-state index contributed by atoms with van der Waals surface area (Å²) in [4.78, 5) is 13.3. The molecule has 1 aromatic carbocycles. The number of nitrogens with zero attached hydrogens (tertiary/aromatic N) is 1. The van der Waals surface area contributed by atoms with Gasteiger partial charge in [-0.05, 0) is 25.1 Å². The van der Waals surface area contributed by atoms with Gasteiger partial charge < -0.3 is 9.42 Å². The van der Waals surface area contributed by atoms with Crippen molar-refractivity contribution in [3.63, 3.8) is 0 Å². The Bertz CT molecular complexity index is 537. The van der Waals surface area contributed by atoms with Crippen molar-refractivity contribution in [3.8, 4) is 0 Å². The van der Waals surface area contributed by atoms with Gasteiger partial charge in [0.05, 0.1) is 16.9 Å². The number of hydrazine groups is 1. The molecule has 0 saturated heterocycles. The molecule has 0 aliphatic carbocycles. The molecule has 0 aliphatic heterocycles. The molecule has 0 fully saturated rings. The van der Waals surface area contributed by atoms with Gasteiger partial charge in [0.1, 0.15) is 6.16 Å². The van der Waals surface area contributed by atoms with Crippen molar-refractivity contribution >= 4 is 35.9 Å². The van der Waals surface area contributed by atoms with E-state index in [1.165, 1.54) is 0 Å². The maximum Gasteiger partial charge on any atom is 0.243 e. The van der Waals surface area contributed by atoms with Gasteiger partial charge in [-0.1, -0.05) is 11.6 Å². The summed E-state index contributed by atoms with van der Waals surface area (Å²) in [6, 6.07) is 5.08. The SMILES string of the molecule is CCOP(=O)(CC(=O)NN)c1ccc(N(C)C)cc1Cl. The van der Waals surface area contributed by atoms with Crippen LogP contribution >= 0.6 is 19.0 Å². The van der Waals surface area contributed by atoms with E-state index < -0.39 is 13.3 Å². The first-order valence-corrected chi connectivity index (χ1v) is 8.23. The van der Waals surface area contributed by atoms with E-state index in [1.54, 1.807) is 25.1 Å². The van der Waals surface area contributed by atoms with Crippen LogP contribution < -0.4 is 21.5 Å². The quantitative estimate of drug-likeness (QED) is 0.358. The molecular weight excluding hydrogens is 301 g/mol. The Hall–Kier alpha value is -1.07. The van der Waals surface area contributed by atoms with Crippen molar-refractivity contribution < 1.29 is 13.9 Å². The monoisotopic (exact) mass is 319 g/mol. The third kappa shape index (κ3) is 3.96. The molecular formula is C12H19ClN3O3P. The van der Waals surface area contributed by atoms with Crippen LogP contribution in [0.15, 0.2) is 18.2 Å². The van der Waals surface area contributed by atoms with Crippen molar-refractivity contribution in [3.05, 3.63) is 23.2 Å². The predicted octanol–water partition coefficient (Wildman–Crippen LogP) is 1.34. The zero-order valence-electron chi connectivity index (χ0n) is 11.7. The molecule has 1 amide bonds. The first-order valence-electron chi connectivity index (χ1n) is 6.04. The third-order valence-corrected chi connectivity index (χ3v) is 5.61. The number of nitrogens with two attached hydrogens (primary N) is 1. The van der Waals surface area contributed by atoms with Crippen molar-refractivity contribution in [1.82, 2.24) is 5.43 Å². The van der Waals surface area contributed by atoms with Gasteiger partial charge in [-0.25, -0.2) is 5.84 Å². The van der Waals surface area contributed by atoms with Gasteiger partial charge in [0.15, 0.2) is 0 Å². The maximum atomic E-state index is 12.8. The fourth-order valence-electron chi connectivity index (χ4n) is 1.69. The molecule has 0 heterocycles. The predicted molar refractivity (Wildman–Crippen MR) is 81.8 cm³/mol. The van der Waals surface area contributed by atoms with Crippen LogP contribution in [-0.4, -0.2) is 32.8 Å². The Morgan fingerprint density at radius 2 is 2.15 bits per heavy atom. The molecule has 0 radical (unpaired) electrons. The Balaban J connectivity index is 3.21. The van der Waals surface area contributed by atoms with E-state index in [9.17, 15) is 9.36 Å². The Kier molecular flexibility index (Phi) is 6.02. The van der Waals surface area contributed by atoms with Gasteiger partial charge in [-0.15, -0.1) is 0 Å². The van der Waals surface area contributed by atoms with Crippen LogP contribution in [0.5, 0.6) is 0 Å². The Morgan fingerprint density at radius 1 is 1.50 bits per heavy atom. The third-order valence-electron chi connectivity index (χ3n) is 2.67. The molecule has 20 heavy (non-hydrogen) atoms. The summed E-state index contributed by atoms with van der Waals surface area (Å²) >= 11 is 6.18. The van der Waals surface area contributed by atoms with Gasteiger partial charge in [-0.2, -0.15) is 0 Å². The number of halogens is 1. The fourth-order valence-corrected chi connectivity index (χ4v) is 4.23. The number of carbonyl (C=O) groups excluding carboxylic acids is 1. The van der Waals surface area contributed by atoms with Crippen LogP contribution in [-0.2, 0) is 13.9 Å². The first-order chi connectivity index (χ1) is 9.34. The second kappa shape index (κ2) is 7.09. The number of anilines is 1. The highest BCUT2D eigenvalue weighted by Gasteiger charge is 2.31. The molecule has 1 atom stereocenters. The van der Waals surface area contributed by atoms with Crippen molar-refractivity contribution in [2.75, 3.05) is 31.8 Å². The van der Waals surface area contributed by atoms with Gasteiger partial charge in [0.2, 0.25) is 13.3 Å². The summed E-state index contributed by atoms with van der Waals surface area (Å²) in [6.45, 7) is 1.91. The zero-order chi connectivity index (χ0) is 15.3. The number of nitrogens with one attached hydrogen (secondary N) is 1. The molecule has 112 valence electrons. The number of amides is 1. The minimum absolute atomic E-state index is 0.209. The van der Waals surface area contributed by atoms with E-state index in [0.717, 1.165) is 5.69 Å². The molecule has 0 aliphatic rings. The van der Waals surface area contributed by atoms with Crippen LogP contribution in [0, 0.1) is 0 Å². The standard InChI is InChI=1S/C12H19ClN3O3P/c1-4-19-20(18,8-12(17)15-14)11-6-5-9(16(2)3)7-10(11)13/h5-7H,4,8,14H2,1-3H3,(H,15,17). The number of benzene rings is 1. The molecule has 3 N–H and O–H groups in total. The average molecular weight is 320 g/mol. The molecule has 1 unspecified atom stereocenters. The number of hydrogen-bond acceptors (Lipinski definition) is 5. The van der Waals surface area contributed by atoms with Crippen molar-refractivity contribution in [2.45, 2.75) is 6.92 Å². The summed E-state index contributed by atoms with van der Waals surface area (Å²) in [7, 11) is 0.366. The lowest BCUT2D eigenvalue weighted by molar-refractivity contribution is -0.118. The number of carbonyl (C=O) groups is 1. The lowest BCUT2D eigenvalue weighted by atomic mass is 10.3.